The minimum Gasteiger partial charge on any atom is -0.382 e. The van der Waals surface area contributed by atoms with E-state index in [1.54, 1.807) is 36.8 Å². The Labute approximate surface area is 204 Å². The van der Waals surface area contributed by atoms with Gasteiger partial charge in [-0.2, -0.15) is 5.10 Å². The number of benzene rings is 2. The molecule has 178 valence electrons. The number of nitrogens with zero attached hydrogens (tertiary/aromatic N) is 4. The summed E-state index contributed by atoms with van der Waals surface area (Å²) in [6, 6.07) is 14.0. The molecule has 0 saturated carbocycles. The number of pyridine rings is 2. The third-order valence-electron chi connectivity index (χ3n) is 5.91. The van der Waals surface area contributed by atoms with Gasteiger partial charge < -0.3 is 10.3 Å². The second kappa shape index (κ2) is 8.53. The van der Waals surface area contributed by atoms with E-state index in [2.05, 4.69) is 30.5 Å². The number of nitrogens with one attached hydrogen (secondary N) is 3. The highest BCUT2D eigenvalue weighted by atomic mass is 19.1. The van der Waals surface area contributed by atoms with Gasteiger partial charge in [0.1, 0.15) is 17.2 Å². The second-order valence-electron chi connectivity index (χ2n) is 8.81. The molecule has 4 heterocycles. The van der Waals surface area contributed by atoms with Gasteiger partial charge in [0, 0.05) is 35.1 Å². The van der Waals surface area contributed by atoms with Crippen molar-refractivity contribution in [1.29, 1.82) is 0 Å². The number of para-hydroxylation sites is 1. The van der Waals surface area contributed by atoms with Gasteiger partial charge in [0.25, 0.3) is 0 Å². The van der Waals surface area contributed by atoms with E-state index in [1.807, 2.05) is 38.1 Å². The molecule has 3 N–H and O–H groups in total. The summed E-state index contributed by atoms with van der Waals surface area (Å²) in [5.74, 6) is -0.511. The summed E-state index contributed by atoms with van der Waals surface area (Å²) in [6.45, 7) is 4.03. The van der Waals surface area contributed by atoms with E-state index in [4.69, 9.17) is 4.98 Å². The van der Waals surface area contributed by atoms with Gasteiger partial charge in [0.2, 0.25) is 0 Å². The van der Waals surface area contributed by atoms with Crippen LogP contribution in [-0.4, -0.2) is 36.2 Å². The van der Waals surface area contributed by atoms with Crippen LogP contribution >= 0.6 is 0 Å². The lowest BCUT2D eigenvalue weighted by atomic mass is 10.0. The lowest BCUT2D eigenvalue weighted by Gasteiger charge is -2.11. The average Bonchev–Trinajstić information content (AvgIpc) is 3.49. The summed E-state index contributed by atoms with van der Waals surface area (Å²) in [7, 11) is 0. The van der Waals surface area contributed by atoms with Crippen LogP contribution in [0.1, 0.15) is 13.8 Å². The molecule has 0 radical (unpaired) electrons. The van der Waals surface area contributed by atoms with Crippen molar-refractivity contribution in [3.8, 4) is 33.9 Å². The highest BCUT2D eigenvalue weighted by Gasteiger charge is 2.21. The Bertz CT molecular complexity index is 1740. The summed E-state index contributed by atoms with van der Waals surface area (Å²) in [5.41, 5.74) is 4.55. The summed E-state index contributed by atoms with van der Waals surface area (Å²) >= 11 is 0. The molecule has 36 heavy (non-hydrogen) atoms. The summed E-state index contributed by atoms with van der Waals surface area (Å²) in [4.78, 5) is 16.5. The maximum absolute atomic E-state index is 15.9. The number of aromatic nitrogens is 6. The molecule has 0 amide bonds. The van der Waals surface area contributed by atoms with E-state index in [-0.39, 0.29) is 22.9 Å². The molecule has 0 bridgehead atoms. The zero-order valence-electron chi connectivity index (χ0n) is 19.5. The minimum atomic E-state index is -0.533. The largest absolute Gasteiger partial charge is 0.382 e. The maximum Gasteiger partial charge on any atom is 0.161 e. The van der Waals surface area contributed by atoms with Gasteiger partial charge >= 0.3 is 0 Å². The molecule has 0 atom stereocenters. The number of hydrogen-bond acceptors (Lipinski definition) is 5. The van der Waals surface area contributed by atoms with Crippen LogP contribution in [0.4, 0.5) is 14.5 Å². The van der Waals surface area contributed by atoms with Gasteiger partial charge in [-0.1, -0.05) is 30.3 Å². The Hall–Kier alpha value is -4.66. The Kier molecular flexibility index (Phi) is 5.18. The Balaban J connectivity index is 1.50. The summed E-state index contributed by atoms with van der Waals surface area (Å²) in [5, 5.41) is 10.7. The predicted molar refractivity (Wildman–Crippen MR) is 136 cm³/mol. The van der Waals surface area contributed by atoms with Gasteiger partial charge in [-0.25, -0.2) is 13.8 Å². The highest BCUT2D eigenvalue weighted by molar-refractivity contribution is 5.98. The maximum atomic E-state index is 15.9. The Morgan fingerprint density at radius 1 is 0.889 bits per heavy atom. The fourth-order valence-electron chi connectivity index (χ4n) is 4.37. The first-order valence-corrected chi connectivity index (χ1v) is 11.5. The molecule has 9 heteroatoms. The third kappa shape index (κ3) is 3.65. The SMILES string of the molecule is CC(C)Nc1cncc(-c2ncc3[nH]nc(-c4nc5c(-c6ccccc6F)cccc5[nH]4)c3c2F)c1. The topological polar surface area (TPSA) is 95.2 Å². The van der Waals surface area contributed by atoms with Crippen LogP contribution in [0.2, 0.25) is 0 Å². The fourth-order valence-corrected chi connectivity index (χ4v) is 4.37. The molecule has 0 fully saturated rings. The number of halogens is 2. The Morgan fingerprint density at radius 2 is 1.72 bits per heavy atom. The van der Waals surface area contributed by atoms with E-state index < -0.39 is 5.82 Å². The summed E-state index contributed by atoms with van der Waals surface area (Å²) < 4.78 is 30.4. The van der Waals surface area contributed by atoms with Gasteiger partial charge in [-0.15, -0.1) is 0 Å². The minimum absolute atomic E-state index is 0.160. The molecule has 0 unspecified atom stereocenters. The zero-order valence-corrected chi connectivity index (χ0v) is 19.5. The van der Waals surface area contributed by atoms with Crippen LogP contribution in [0.3, 0.4) is 0 Å². The van der Waals surface area contributed by atoms with Crippen LogP contribution in [-0.2, 0) is 0 Å². The zero-order chi connectivity index (χ0) is 24.8. The van der Waals surface area contributed by atoms with Crippen LogP contribution in [0.25, 0.3) is 55.8 Å². The number of fused-ring (bicyclic) bond motifs is 2. The van der Waals surface area contributed by atoms with Gasteiger partial charge in [-0.3, -0.25) is 15.1 Å². The molecular weight excluding hydrogens is 460 g/mol. The number of H-pyrrole nitrogens is 2. The number of imidazole rings is 1. The van der Waals surface area contributed by atoms with E-state index in [9.17, 15) is 4.39 Å². The van der Waals surface area contributed by atoms with Gasteiger partial charge in [0.15, 0.2) is 11.6 Å². The van der Waals surface area contributed by atoms with Crippen LogP contribution in [0.5, 0.6) is 0 Å². The smallest absolute Gasteiger partial charge is 0.161 e. The van der Waals surface area contributed by atoms with Crippen molar-refractivity contribution >= 4 is 27.6 Å². The molecule has 6 rings (SSSR count). The number of aromatic amines is 2. The monoisotopic (exact) mass is 481 g/mol. The quantitative estimate of drug-likeness (QED) is 0.268. The number of anilines is 1. The predicted octanol–water partition coefficient (Wildman–Crippen LogP) is 6.33. The van der Waals surface area contributed by atoms with Crippen molar-refractivity contribution in [2.45, 2.75) is 19.9 Å². The van der Waals surface area contributed by atoms with Crippen LogP contribution < -0.4 is 5.32 Å². The standard InChI is InChI=1S/C27H21F2N7/c1-14(2)32-16-10-15(11-30-12-16)24-23(29)22-21(13-31-24)35-36-26(22)27-33-20-9-5-7-18(25(20)34-27)17-6-3-4-8-19(17)28/h3-14,32H,1-2H3,(H,33,34)(H,35,36). The van der Waals surface area contributed by atoms with E-state index in [0.29, 0.717) is 44.8 Å². The van der Waals surface area contributed by atoms with Crippen molar-refractivity contribution in [2.75, 3.05) is 5.32 Å². The summed E-state index contributed by atoms with van der Waals surface area (Å²) in [6.07, 6.45) is 4.80. The average molecular weight is 482 g/mol. The van der Waals surface area contributed by atoms with Crippen molar-refractivity contribution < 1.29 is 8.78 Å². The van der Waals surface area contributed by atoms with E-state index in [0.717, 1.165) is 5.69 Å². The van der Waals surface area contributed by atoms with Gasteiger partial charge in [-0.05, 0) is 32.0 Å². The molecule has 0 saturated heterocycles. The first-order valence-electron chi connectivity index (χ1n) is 11.5. The second-order valence-corrected chi connectivity index (χ2v) is 8.81. The molecular formula is C27H21F2N7. The fraction of sp³-hybridized carbons (Fsp3) is 0.111. The molecule has 4 aromatic heterocycles. The molecule has 2 aromatic carbocycles. The van der Waals surface area contributed by atoms with Gasteiger partial charge in [0.05, 0.1) is 33.8 Å². The highest BCUT2D eigenvalue weighted by Crippen LogP contribution is 2.35. The molecule has 7 nitrogen and oxygen atoms in total. The molecule has 0 aliphatic rings. The molecule has 0 aliphatic carbocycles. The number of rotatable bonds is 5. The van der Waals surface area contributed by atoms with Crippen molar-refractivity contribution in [3.05, 3.63) is 78.8 Å². The first kappa shape index (κ1) is 21.8. The molecule has 0 aliphatic heterocycles. The lowest BCUT2D eigenvalue weighted by molar-refractivity contribution is 0.631. The molecule has 6 aromatic rings. The van der Waals surface area contributed by atoms with Crippen LogP contribution in [0, 0.1) is 11.6 Å². The van der Waals surface area contributed by atoms with Crippen molar-refractivity contribution in [1.82, 2.24) is 30.1 Å². The third-order valence-corrected chi connectivity index (χ3v) is 5.91. The normalized spacial score (nSPS) is 11.6. The van der Waals surface area contributed by atoms with Crippen LogP contribution in [0.15, 0.2) is 67.1 Å². The first-order chi connectivity index (χ1) is 17.5. The molecule has 0 spiro atoms. The van der Waals surface area contributed by atoms with E-state index >= 15 is 4.39 Å². The lowest BCUT2D eigenvalue weighted by Crippen LogP contribution is -2.09. The number of hydrogen-bond donors (Lipinski definition) is 3. The van der Waals surface area contributed by atoms with Crippen molar-refractivity contribution in [3.63, 3.8) is 0 Å². The van der Waals surface area contributed by atoms with Crippen molar-refractivity contribution in [2.24, 2.45) is 0 Å². The van der Waals surface area contributed by atoms with E-state index in [1.165, 1.54) is 6.07 Å². The Morgan fingerprint density at radius 3 is 2.56 bits per heavy atom.